The Morgan fingerprint density at radius 3 is 3.00 bits per heavy atom. The Hall–Kier alpha value is -1.63. The molecular weight excluding hydrogens is 254 g/mol. The number of thiazole rings is 1. The summed E-state index contributed by atoms with van der Waals surface area (Å²) in [6.45, 7) is 1.28. The third-order valence-electron chi connectivity index (χ3n) is 3.08. The number of likely N-dealkylation sites (tertiary alicyclic amines) is 1. The van der Waals surface area contributed by atoms with Crippen molar-refractivity contribution in [2.75, 3.05) is 18.8 Å². The number of amides is 1. The fraction of sp³-hybridized carbons (Fsp3) is 0.545. The molecule has 0 radical (unpaired) electrons. The standard InChI is InChI=1S/C11H15N3O3S/c12-11-13-8(6-18-11)10(17)14-4-3-7(5-14)1-2-9(15)16/h6-7H,1-5H2,(H2,12,13)(H,15,16). The molecule has 2 rings (SSSR count). The lowest BCUT2D eigenvalue weighted by Gasteiger charge is -2.14. The molecule has 1 saturated heterocycles. The Morgan fingerprint density at radius 1 is 1.61 bits per heavy atom. The van der Waals surface area contributed by atoms with Gasteiger partial charge in [0.1, 0.15) is 5.69 Å². The second kappa shape index (κ2) is 5.34. The van der Waals surface area contributed by atoms with Gasteiger partial charge in [0.15, 0.2) is 5.13 Å². The van der Waals surface area contributed by atoms with Crippen LogP contribution in [0.25, 0.3) is 0 Å². The average Bonchev–Trinajstić information content (AvgIpc) is 2.94. The Bertz CT molecular complexity index is 460. The monoisotopic (exact) mass is 269 g/mol. The molecule has 1 aliphatic rings. The van der Waals surface area contributed by atoms with Gasteiger partial charge in [-0.05, 0) is 18.8 Å². The maximum absolute atomic E-state index is 12.0. The number of nitrogens with zero attached hydrogens (tertiary/aromatic N) is 2. The first-order valence-electron chi connectivity index (χ1n) is 5.78. The molecular formula is C11H15N3O3S. The molecule has 0 aliphatic carbocycles. The zero-order valence-corrected chi connectivity index (χ0v) is 10.7. The molecule has 2 heterocycles. The Balaban J connectivity index is 1.88. The van der Waals surface area contributed by atoms with Crippen molar-refractivity contribution in [2.45, 2.75) is 19.3 Å². The first kappa shape index (κ1) is 12.8. The summed E-state index contributed by atoms with van der Waals surface area (Å²) in [5, 5.41) is 10.7. The van der Waals surface area contributed by atoms with E-state index in [0.29, 0.717) is 30.3 Å². The quantitative estimate of drug-likeness (QED) is 0.851. The Morgan fingerprint density at radius 2 is 2.39 bits per heavy atom. The van der Waals surface area contributed by atoms with Crippen LogP contribution in [-0.4, -0.2) is 40.0 Å². The van der Waals surface area contributed by atoms with Gasteiger partial charge in [0.25, 0.3) is 5.91 Å². The molecule has 1 aromatic heterocycles. The van der Waals surface area contributed by atoms with Crippen molar-refractivity contribution in [1.82, 2.24) is 9.88 Å². The SMILES string of the molecule is Nc1nc(C(=O)N2CCC(CCC(=O)O)C2)cs1. The maximum Gasteiger partial charge on any atom is 0.303 e. The number of nitrogen functional groups attached to an aromatic ring is 1. The normalized spacial score (nSPS) is 19.1. The Labute approximate surface area is 108 Å². The summed E-state index contributed by atoms with van der Waals surface area (Å²) in [6, 6.07) is 0. The van der Waals surface area contributed by atoms with E-state index < -0.39 is 5.97 Å². The van der Waals surface area contributed by atoms with Crippen LogP contribution < -0.4 is 5.73 Å². The van der Waals surface area contributed by atoms with E-state index in [9.17, 15) is 9.59 Å². The van der Waals surface area contributed by atoms with Gasteiger partial charge in [-0.1, -0.05) is 0 Å². The van der Waals surface area contributed by atoms with E-state index in [1.165, 1.54) is 11.3 Å². The van der Waals surface area contributed by atoms with Crippen LogP contribution in [0.1, 0.15) is 29.8 Å². The van der Waals surface area contributed by atoms with Gasteiger partial charge in [0.2, 0.25) is 0 Å². The van der Waals surface area contributed by atoms with Crippen molar-refractivity contribution >= 4 is 28.3 Å². The van der Waals surface area contributed by atoms with E-state index in [2.05, 4.69) is 4.98 Å². The summed E-state index contributed by atoms with van der Waals surface area (Å²) in [5.41, 5.74) is 5.88. The van der Waals surface area contributed by atoms with E-state index in [4.69, 9.17) is 10.8 Å². The molecule has 1 atom stereocenters. The lowest BCUT2D eigenvalue weighted by atomic mass is 10.0. The molecule has 1 aliphatic heterocycles. The number of carbonyl (C=O) groups excluding carboxylic acids is 1. The van der Waals surface area contributed by atoms with Gasteiger partial charge < -0.3 is 15.7 Å². The van der Waals surface area contributed by atoms with Crippen LogP contribution in [0.3, 0.4) is 0 Å². The minimum atomic E-state index is -0.785. The Kier molecular flexibility index (Phi) is 3.81. The van der Waals surface area contributed by atoms with Crippen molar-refractivity contribution in [3.8, 4) is 0 Å². The molecule has 0 saturated carbocycles. The first-order chi connectivity index (χ1) is 8.56. The van der Waals surface area contributed by atoms with Crippen LogP contribution in [0.2, 0.25) is 0 Å². The van der Waals surface area contributed by atoms with Crippen molar-refractivity contribution < 1.29 is 14.7 Å². The van der Waals surface area contributed by atoms with Gasteiger partial charge in [-0.2, -0.15) is 0 Å². The van der Waals surface area contributed by atoms with Crippen LogP contribution in [0.15, 0.2) is 5.38 Å². The van der Waals surface area contributed by atoms with E-state index in [1.807, 2.05) is 0 Å². The predicted octanol–water partition coefficient (Wildman–Crippen LogP) is 1.05. The van der Waals surface area contributed by atoms with Gasteiger partial charge >= 0.3 is 5.97 Å². The van der Waals surface area contributed by atoms with Gasteiger partial charge in [-0.15, -0.1) is 11.3 Å². The maximum atomic E-state index is 12.0. The second-order valence-corrected chi connectivity index (χ2v) is 5.30. The zero-order chi connectivity index (χ0) is 13.1. The van der Waals surface area contributed by atoms with Gasteiger partial charge in [-0.3, -0.25) is 9.59 Å². The largest absolute Gasteiger partial charge is 0.481 e. The number of carboxylic acid groups (broad SMARTS) is 1. The highest BCUT2D eigenvalue weighted by atomic mass is 32.1. The molecule has 1 amide bonds. The van der Waals surface area contributed by atoms with E-state index >= 15 is 0 Å². The third kappa shape index (κ3) is 2.98. The van der Waals surface area contributed by atoms with Crippen LogP contribution in [0, 0.1) is 5.92 Å². The van der Waals surface area contributed by atoms with Crippen LogP contribution in [0.4, 0.5) is 5.13 Å². The first-order valence-corrected chi connectivity index (χ1v) is 6.66. The van der Waals surface area contributed by atoms with Crippen LogP contribution in [-0.2, 0) is 4.79 Å². The number of anilines is 1. The molecule has 6 nitrogen and oxygen atoms in total. The number of nitrogens with two attached hydrogens (primary N) is 1. The zero-order valence-electron chi connectivity index (χ0n) is 9.83. The number of carboxylic acids is 1. The van der Waals surface area contributed by atoms with Crippen LogP contribution >= 0.6 is 11.3 Å². The minimum Gasteiger partial charge on any atom is -0.481 e. The lowest BCUT2D eigenvalue weighted by molar-refractivity contribution is -0.137. The second-order valence-electron chi connectivity index (χ2n) is 4.41. The van der Waals surface area contributed by atoms with E-state index in [-0.39, 0.29) is 18.2 Å². The molecule has 1 unspecified atom stereocenters. The predicted molar refractivity (Wildman–Crippen MR) is 67.4 cm³/mol. The van der Waals surface area contributed by atoms with Crippen molar-refractivity contribution in [3.05, 3.63) is 11.1 Å². The summed E-state index contributed by atoms with van der Waals surface area (Å²) in [5.74, 6) is -0.617. The van der Waals surface area contributed by atoms with Gasteiger partial charge in [0.05, 0.1) is 0 Å². The van der Waals surface area contributed by atoms with Gasteiger partial charge in [-0.25, -0.2) is 4.98 Å². The van der Waals surface area contributed by atoms with Gasteiger partial charge in [0, 0.05) is 24.9 Å². The van der Waals surface area contributed by atoms with Crippen molar-refractivity contribution in [1.29, 1.82) is 0 Å². The molecule has 0 spiro atoms. The highest BCUT2D eigenvalue weighted by Gasteiger charge is 2.28. The summed E-state index contributed by atoms with van der Waals surface area (Å²) < 4.78 is 0. The molecule has 0 aromatic carbocycles. The summed E-state index contributed by atoms with van der Waals surface area (Å²) >= 11 is 1.25. The number of carbonyl (C=O) groups is 2. The fourth-order valence-corrected chi connectivity index (χ4v) is 2.67. The minimum absolute atomic E-state index is 0.110. The molecule has 18 heavy (non-hydrogen) atoms. The van der Waals surface area contributed by atoms with E-state index in [1.54, 1.807) is 10.3 Å². The van der Waals surface area contributed by atoms with Crippen molar-refractivity contribution in [2.24, 2.45) is 5.92 Å². The summed E-state index contributed by atoms with van der Waals surface area (Å²) in [7, 11) is 0. The number of aliphatic carboxylic acids is 1. The summed E-state index contributed by atoms with van der Waals surface area (Å²) in [4.78, 5) is 28.2. The lowest BCUT2D eigenvalue weighted by Crippen LogP contribution is -2.29. The average molecular weight is 269 g/mol. The molecule has 7 heteroatoms. The smallest absolute Gasteiger partial charge is 0.303 e. The topological polar surface area (TPSA) is 96.5 Å². The number of hydrogen-bond acceptors (Lipinski definition) is 5. The number of hydrogen-bond donors (Lipinski definition) is 2. The number of rotatable bonds is 4. The molecule has 0 bridgehead atoms. The molecule has 3 N–H and O–H groups in total. The van der Waals surface area contributed by atoms with Crippen molar-refractivity contribution in [3.63, 3.8) is 0 Å². The highest BCUT2D eigenvalue weighted by Crippen LogP contribution is 2.23. The molecule has 1 fully saturated rings. The molecule has 1 aromatic rings. The summed E-state index contributed by atoms with van der Waals surface area (Å²) in [6.07, 6.45) is 1.65. The third-order valence-corrected chi connectivity index (χ3v) is 3.75. The van der Waals surface area contributed by atoms with E-state index in [0.717, 1.165) is 6.42 Å². The highest BCUT2D eigenvalue weighted by molar-refractivity contribution is 7.13. The number of aromatic nitrogens is 1. The van der Waals surface area contributed by atoms with Crippen LogP contribution in [0.5, 0.6) is 0 Å². The molecule has 98 valence electrons. The fourth-order valence-electron chi connectivity index (χ4n) is 2.13.